The zero-order chi connectivity index (χ0) is 21.5. The van der Waals surface area contributed by atoms with Gasteiger partial charge in [-0.1, -0.05) is 51.2 Å². The maximum absolute atomic E-state index is 13.6. The summed E-state index contributed by atoms with van der Waals surface area (Å²) in [5, 5.41) is 0.781. The van der Waals surface area contributed by atoms with Crippen molar-refractivity contribution in [1.82, 2.24) is 9.88 Å². The Balaban J connectivity index is 1.95. The maximum atomic E-state index is 13.6. The minimum absolute atomic E-state index is 0.0236. The molecule has 2 aromatic carbocycles. The van der Waals surface area contributed by atoms with Crippen LogP contribution in [0.4, 0.5) is 5.13 Å². The highest BCUT2D eigenvalue weighted by Crippen LogP contribution is 2.31. The van der Waals surface area contributed by atoms with Crippen LogP contribution in [-0.2, 0) is 6.42 Å². The van der Waals surface area contributed by atoms with Crippen molar-refractivity contribution in [3.05, 3.63) is 53.6 Å². The predicted molar refractivity (Wildman–Crippen MR) is 131 cm³/mol. The average Bonchev–Trinajstić information content (AvgIpc) is 3.19. The van der Waals surface area contributed by atoms with E-state index in [1.54, 1.807) is 23.1 Å². The second-order valence-electron chi connectivity index (χ2n) is 7.10. The van der Waals surface area contributed by atoms with E-state index in [9.17, 15) is 4.79 Å². The molecular formula is C24H31N3OS2. The molecule has 3 aromatic rings. The van der Waals surface area contributed by atoms with Crippen LogP contribution in [0.25, 0.3) is 10.2 Å². The molecule has 6 heteroatoms. The van der Waals surface area contributed by atoms with E-state index in [4.69, 9.17) is 4.98 Å². The van der Waals surface area contributed by atoms with Crippen LogP contribution in [0.5, 0.6) is 0 Å². The van der Waals surface area contributed by atoms with E-state index < -0.39 is 0 Å². The summed E-state index contributed by atoms with van der Waals surface area (Å²) in [6.07, 6.45) is 0.996. The van der Waals surface area contributed by atoms with Crippen molar-refractivity contribution in [2.75, 3.05) is 36.8 Å². The third-order valence-corrected chi connectivity index (χ3v) is 7.17. The van der Waals surface area contributed by atoms with Gasteiger partial charge in [0.05, 0.1) is 10.2 Å². The second-order valence-corrected chi connectivity index (χ2v) is 9.44. The SMILES string of the molecule is CCSc1cccc(C(=O)N(CCN(CC)CC)c2nc3ccc(CC)cc3s2)c1. The maximum Gasteiger partial charge on any atom is 0.260 e. The number of aromatic nitrogens is 1. The van der Waals surface area contributed by atoms with Gasteiger partial charge in [0.1, 0.15) is 0 Å². The molecule has 0 fully saturated rings. The molecular weight excluding hydrogens is 410 g/mol. The molecule has 0 saturated heterocycles. The summed E-state index contributed by atoms with van der Waals surface area (Å²) in [5.41, 5.74) is 2.98. The topological polar surface area (TPSA) is 36.4 Å². The summed E-state index contributed by atoms with van der Waals surface area (Å²) < 4.78 is 1.14. The summed E-state index contributed by atoms with van der Waals surface area (Å²) >= 11 is 3.37. The van der Waals surface area contributed by atoms with Gasteiger partial charge in [-0.3, -0.25) is 9.69 Å². The number of fused-ring (bicyclic) bond motifs is 1. The van der Waals surface area contributed by atoms with Gasteiger partial charge >= 0.3 is 0 Å². The third kappa shape index (κ3) is 5.42. The van der Waals surface area contributed by atoms with Crippen molar-refractivity contribution in [3.8, 4) is 0 Å². The zero-order valence-corrected chi connectivity index (χ0v) is 20.0. The number of hydrogen-bond acceptors (Lipinski definition) is 5. The van der Waals surface area contributed by atoms with E-state index in [1.807, 2.05) is 23.1 Å². The minimum Gasteiger partial charge on any atom is -0.302 e. The molecule has 0 spiro atoms. The number of anilines is 1. The lowest BCUT2D eigenvalue weighted by atomic mass is 10.2. The molecule has 30 heavy (non-hydrogen) atoms. The number of carbonyl (C=O) groups is 1. The van der Waals surface area contributed by atoms with Crippen molar-refractivity contribution in [1.29, 1.82) is 0 Å². The van der Waals surface area contributed by atoms with Gasteiger partial charge in [-0.05, 0) is 61.2 Å². The third-order valence-electron chi connectivity index (χ3n) is 5.25. The molecule has 0 bridgehead atoms. The average molecular weight is 442 g/mol. The summed E-state index contributed by atoms with van der Waals surface area (Å²) in [6.45, 7) is 12.0. The van der Waals surface area contributed by atoms with Crippen LogP contribution in [-0.4, -0.2) is 47.7 Å². The van der Waals surface area contributed by atoms with E-state index in [0.29, 0.717) is 6.54 Å². The van der Waals surface area contributed by atoms with E-state index in [1.165, 1.54) is 5.56 Å². The van der Waals surface area contributed by atoms with Gasteiger partial charge in [0.25, 0.3) is 5.91 Å². The van der Waals surface area contributed by atoms with Crippen molar-refractivity contribution in [2.45, 2.75) is 39.0 Å². The summed E-state index contributed by atoms with van der Waals surface area (Å²) in [7, 11) is 0. The Hall–Kier alpha value is -1.89. The smallest absolute Gasteiger partial charge is 0.260 e. The van der Waals surface area contributed by atoms with Crippen molar-refractivity contribution in [2.24, 2.45) is 0 Å². The lowest BCUT2D eigenvalue weighted by Crippen LogP contribution is -2.38. The van der Waals surface area contributed by atoms with Crippen LogP contribution in [0, 0.1) is 0 Å². The molecule has 0 radical (unpaired) electrons. The quantitative estimate of drug-likeness (QED) is 0.364. The Morgan fingerprint density at radius 3 is 2.53 bits per heavy atom. The summed E-state index contributed by atoms with van der Waals surface area (Å²) in [4.78, 5) is 23.7. The standard InChI is InChI=1S/C24H31N3OS2/c1-5-18-12-13-21-22(16-18)30-24(25-21)27(15-14-26(6-2)7-3)23(28)19-10-9-11-20(17-19)29-8-4/h9-13,16-17H,5-8,14-15H2,1-4H3. The van der Waals surface area contributed by atoms with Crippen LogP contribution in [0.1, 0.15) is 43.6 Å². The van der Waals surface area contributed by atoms with Gasteiger partial charge in [0.15, 0.2) is 5.13 Å². The Kier molecular flexibility index (Phi) is 8.31. The highest BCUT2D eigenvalue weighted by Gasteiger charge is 2.22. The number of amides is 1. The van der Waals surface area contributed by atoms with E-state index in [0.717, 1.165) is 57.6 Å². The fourth-order valence-corrected chi connectivity index (χ4v) is 5.17. The molecule has 0 N–H and O–H groups in total. The van der Waals surface area contributed by atoms with E-state index in [-0.39, 0.29) is 5.91 Å². The number of likely N-dealkylation sites (N-methyl/N-ethyl adjacent to an activating group) is 1. The summed E-state index contributed by atoms with van der Waals surface area (Å²) in [5.74, 6) is 1.01. The Morgan fingerprint density at radius 2 is 1.83 bits per heavy atom. The largest absolute Gasteiger partial charge is 0.302 e. The number of thiazole rings is 1. The number of benzene rings is 2. The van der Waals surface area contributed by atoms with Gasteiger partial charge in [0, 0.05) is 23.5 Å². The Labute approximate surface area is 188 Å². The molecule has 0 atom stereocenters. The lowest BCUT2D eigenvalue weighted by molar-refractivity contribution is 0.0983. The summed E-state index contributed by atoms with van der Waals surface area (Å²) in [6, 6.07) is 14.3. The van der Waals surface area contributed by atoms with Gasteiger partial charge in [-0.15, -0.1) is 11.8 Å². The van der Waals surface area contributed by atoms with E-state index >= 15 is 0 Å². The van der Waals surface area contributed by atoms with Crippen molar-refractivity contribution < 1.29 is 4.79 Å². The fourth-order valence-electron chi connectivity index (χ4n) is 3.40. The molecule has 1 amide bonds. The van der Waals surface area contributed by atoms with Gasteiger partial charge in [0.2, 0.25) is 0 Å². The molecule has 0 aliphatic heterocycles. The molecule has 0 aliphatic rings. The minimum atomic E-state index is 0.0236. The Bertz CT molecular complexity index is 981. The van der Waals surface area contributed by atoms with Crippen LogP contribution in [0.2, 0.25) is 0 Å². The number of nitrogens with zero attached hydrogens (tertiary/aromatic N) is 3. The van der Waals surface area contributed by atoms with E-state index in [2.05, 4.69) is 56.9 Å². The Morgan fingerprint density at radius 1 is 1.03 bits per heavy atom. The molecule has 0 aliphatic carbocycles. The first kappa shape index (κ1) is 22.8. The van der Waals surface area contributed by atoms with Gasteiger partial charge < -0.3 is 4.90 Å². The molecule has 1 heterocycles. The van der Waals surface area contributed by atoms with Crippen LogP contribution in [0.15, 0.2) is 47.4 Å². The first-order valence-corrected chi connectivity index (χ1v) is 12.6. The molecule has 0 saturated carbocycles. The zero-order valence-electron chi connectivity index (χ0n) is 18.4. The first-order valence-electron chi connectivity index (χ1n) is 10.8. The van der Waals surface area contributed by atoms with Gasteiger partial charge in [-0.2, -0.15) is 0 Å². The van der Waals surface area contributed by atoms with Crippen LogP contribution < -0.4 is 4.90 Å². The predicted octanol–water partition coefficient (Wildman–Crippen LogP) is 5.96. The number of hydrogen-bond donors (Lipinski definition) is 0. The number of rotatable bonds is 10. The van der Waals surface area contributed by atoms with Gasteiger partial charge in [-0.25, -0.2) is 4.98 Å². The molecule has 160 valence electrons. The first-order chi connectivity index (χ1) is 14.6. The molecule has 1 aromatic heterocycles. The lowest BCUT2D eigenvalue weighted by Gasteiger charge is -2.25. The van der Waals surface area contributed by atoms with Crippen molar-refractivity contribution >= 4 is 44.4 Å². The highest BCUT2D eigenvalue weighted by molar-refractivity contribution is 7.99. The van der Waals surface area contributed by atoms with Crippen molar-refractivity contribution in [3.63, 3.8) is 0 Å². The fraction of sp³-hybridized carbons (Fsp3) is 0.417. The number of aryl methyl sites for hydroxylation is 1. The second kappa shape index (κ2) is 10.9. The van der Waals surface area contributed by atoms with Crippen LogP contribution >= 0.6 is 23.1 Å². The number of thioether (sulfide) groups is 1. The van der Waals surface area contributed by atoms with Crippen LogP contribution in [0.3, 0.4) is 0 Å². The normalized spacial score (nSPS) is 11.4. The number of carbonyl (C=O) groups excluding carboxylic acids is 1. The molecule has 0 unspecified atom stereocenters. The monoisotopic (exact) mass is 441 g/mol. The highest BCUT2D eigenvalue weighted by atomic mass is 32.2. The molecule has 3 rings (SSSR count). The molecule has 4 nitrogen and oxygen atoms in total.